The molecule has 7 nitrogen and oxygen atoms in total. The third-order valence-electron chi connectivity index (χ3n) is 3.97. The Kier molecular flexibility index (Phi) is 7.31. The number of ether oxygens (including phenoxy) is 1. The van der Waals surface area contributed by atoms with Gasteiger partial charge in [-0.1, -0.05) is 23.7 Å². The van der Waals surface area contributed by atoms with Gasteiger partial charge in [-0.25, -0.2) is 5.43 Å². The highest BCUT2D eigenvalue weighted by Crippen LogP contribution is 2.24. The number of hydrazone groups is 1. The summed E-state index contributed by atoms with van der Waals surface area (Å²) in [6.45, 7) is 2.01. The number of nitro groups is 1. The number of amides is 1. The van der Waals surface area contributed by atoms with Gasteiger partial charge in [0.1, 0.15) is 10.8 Å². The smallest absolute Gasteiger partial charge is 0.288 e. The number of aryl methyl sites for hydroxylation is 2. The average molecular weight is 390 g/mol. The molecule has 0 saturated carbocycles. The molecule has 0 aliphatic rings. The molecule has 0 bridgehead atoms. The fourth-order valence-electron chi connectivity index (χ4n) is 2.50. The number of nitrogens with zero attached hydrogens (tertiary/aromatic N) is 2. The largest absolute Gasteiger partial charge is 0.497 e. The SMILES string of the molecule is COc1ccc(CCCC(=O)N/N=C\c2ccc(Cl)c([N+](=O)[O-])c2)c(C)c1. The van der Waals surface area contributed by atoms with Crippen LogP contribution < -0.4 is 10.2 Å². The molecule has 0 unspecified atom stereocenters. The molecule has 2 aromatic rings. The van der Waals surface area contributed by atoms with Gasteiger partial charge in [-0.15, -0.1) is 0 Å². The van der Waals surface area contributed by atoms with Gasteiger partial charge in [-0.3, -0.25) is 14.9 Å². The molecule has 8 heteroatoms. The molecule has 2 rings (SSSR count). The maximum atomic E-state index is 11.9. The quantitative estimate of drug-likeness (QED) is 0.419. The molecule has 0 aliphatic carbocycles. The Labute approximate surface area is 162 Å². The van der Waals surface area contributed by atoms with Crippen molar-refractivity contribution >= 4 is 29.4 Å². The van der Waals surface area contributed by atoms with E-state index in [9.17, 15) is 14.9 Å². The van der Waals surface area contributed by atoms with Crippen LogP contribution in [-0.2, 0) is 11.2 Å². The van der Waals surface area contributed by atoms with Crippen LogP contribution in [0.3, 0.4) is 0 Å². The number of hydrogen-bond acceptors (Lipinski definition) is 5. The van der Waals surface area contributed by atoms with Crippen LogP contribution in [0.2, 0.25) is 5.02 Å². The van der Waals surface area contributed by atoms with E-state index in [1.807, 2.05) is 25.1 Å². The summed E-state index contributed by atoms with van der Waals surface area (Å²) in [5.41, 5.74) is 4.98. The van der Waals surface area contributed by atoms with Gasteiger partial charge in [-0.05, 0) is 49.1 Å². The number of hydrogen-bond donors (Lipinski definition) is 1. The number of halogens is 1. The van der Waals surface area contributed by atoms with Crippen LogP contribution in [0, 0.1) is 17.0 Å². The van der Waals surface area contributed by atoms with E-state index >= 15 is 0 Å². The second-order valence-corrected chi connectivity index (χ2v) is 6.31. The third-order valence-corrected chi connectivity index (χ3v) is 4.29. The zero-order valence-corrected chi connectivity index (χ0v) is 15.8. The highest BCUT2D eigenvalue weighted by molar-refractivity contribution is 6.32. The molecule has 1 N–H and O–H groups in total. The fourth-order valence-corrected chi connectivity index (χ4v) is 2.69. The van der Waals surface area contributed by atoms with Crippen molar-refractivity contribution in [1.29, 1.82) is 0 Å². The molecular weight excluding hydrogens is 370 g/mol. The normalized spacial score (nSPS) is 10.8. The highest BCUT2D eigenvalue weighted by atomic mass is 35.5. The first-order chi connectivity index (χ1) is 12.9. The minimum absolute atomic E-state index is 0.0509. The molecule has 0 heterocycles. The van der Waals surface area contributed by atoms with Crippen molar-refractivity contribution in [2.24, 2.45) is 5.10 Å². The first-order valence-corrected chi connectivity index (χ1v) is 8.68. The monoisotopic (exact) mass is 389 g/mol. The second kappa shape index (κ2) is 9.68. The van der Waals surface area contributed by atoms with Crippen molar-refractivity contribution in [3.63, 3.8) is 0 Å². The van der Waals surface area contributed by atoms with Crippen molar-refractivity contribution in [2.75, 3.05) is 7.11 Å². The summed E-state index contributed by atoms with van der Waals surface area (Å²) >= 11 is 5.75. The summed E-state index contributed by atoms with van der Waals surface area (Å²) in [6, 6.07) is 10.2. The molecule has 0 aromatic heterocycles. The van der Waals surface area contributed by atoms with Crippen molar-refractivity contribution < 1.29 is 14.5 Å². The van der Waals surface area contributed by atoms with Gasteiger partial charge in [0.25, 0.3) is 5.69 Å². The molecule has 0 saturated heterocycles. The van der Waals surface area contributed by atoms with E-state index in [-0.39, 0.29) is 16.6 Å². The maximum Gasteiger partial charge on any atom is 0.288 e. The molecule has 0 spiro atoms. The van der Waals surface area contributed by atoms with Gasteiger partial charge in [-0.2, -0.15) is 5.10 Å². The van der Waals surface area contributed by atoms with E-state index in [2.05, 4.69) is 10.5 Å². The van der Waals surface area contributed by atoms with E-state index < -0.39 is 4.92 Å². The Hall–Kier alpha value is -2.93. The van der Waals surface area contributed by atoms with Gasteiger partial charge in [0.2, 0.25) is 5.91 Å². The van der Waals surface area contributed by atoms with Crippen LogP contribution in [0.1, 0.15) is 29.5 Å². The number of rotatable bonds is 8. The first kappa shape index (κ1) is 20.4. The lowest BCUT2D eigenvalue weighted by Crippen LogP contribution is -2.17. The number of carbonyl (C=O) groups excluding carboxylic acids is 1. The Bertz CT molecular complexity index is 868. The van der Waals surface area contributed by atoms with Crippen molar-refractivity contribution in [1.82, 2.24) is 5.43 Å². The predicted molar refractivity (Wildman–Crippen MR) is 105 cm³/mol. The Morgan fingerprint density at radius 3 is 2.78 bits per heavy atom. The van der Waals surface area contributed by atoms with Gasteiger partial charge >= 0.3 is 0 Å². The molecular formula is C19H20ClN3O4. The third kappa shape index (κ3) is 6.07. The molecule has 0 atom stereocenters. The highest BCUT2D eigenvalue weighted by Gasteiger charge is 2.11. The van der Waals surface area contributed by atoms with Crippen molar-refractivity contribution in [3.05, 3.63) is 68.2 Å². The molecule has 142 valence electrons. The lowest BCUT2D eigenvalue weighted by atomic mass is 10.0. The van der Waals surface area contributed by atoms with Crippen LogP contribution in [0.15, 0.2) is 41.5 Å². The topological polar surface area (TPSA) is 93.8 Å². The van der Waals surface area contributed by atoms with Crippen LogP contribution in [-0.4, -0.2) is 24.2 Å². The zero-order valence-electron chi connectivity index (χ0n) is 15.1. The molecule has 27 heavy (non-hydrogen) atoms. The summed E-state index contributed by atoms with van der Waals surface area (Å²) in [4.78, 5) is 22.1. The average Bonchev–Trinajstić information content (AvgIpc) is 2.64. The van der Waals surface area contributed by atoms with E-state index in [4.69, 9.17) is 16.3 Å². The van der Waals surface area contributed by atoms with Crippen LogP contribution >= 0.6 is 11.6 Å². The molecule has 2 aromatic carbocycles. The number of nitrogens with one attached hydrogen (secondary N) is 1. The minimum atomic E-state index is -0.570. The number of nitro benzene ring substituents is 1. The molecule has 0 fully saturated rings. The molecule has 0 radical (unpaired) electrons. The fraction of sp³-hybridized carbons (Fsp3) is 0.263. The van der Waals surface area contributed by atoms with Crippen molar-refractivity contribution in [3.8, 4) is 5.75 Å². The Morgan fingerprint density at radius 1 is 1.33 bits per heavy atom. The van der Waals surface area contributed by atoms with Crippen LogP contribution in [0.4, 0.5) is 5.69 Å². The van der Waals surface area contributed by atoms with Crippen LogP contribution in [0.5, 0.6) is 5.75 Å². The summed E-state index contributed by atoms with van der Waals surface area (Å²) in [5, 5.41) is 14.7. The van der Waals surface area contributed by atoms with Crippen molar-refractivity contribution in [2.45, 2.75) is 26.2 Å². The molecule has 1 amide bonds. The lowest BCUT2D eigenvalue weighted by molar-refractivity contribution is -0.384. The second-order valence-electron chi connectivity index (χ2n) is 5.91. The number of benzene rings is 2. The maximum absolute atomic E-state index is 11.9. The first-order valence-electron chi connectivity index (χ1n) is 8.30. The van der Waals surface area contributed by atoms with E-state index in [0.29, 0.717) is 18.4 Å². The number of methoxy groups -OCH3 is 1. The summed E-state index contributed by atoms with van der Waals surface area (Å²) in [7, 11) is 1.63. The van der Waals surface area contributed by atoms with Gasteiger partial charge in [0.05, 0.1) is 18.2 Å². The van der Waals surface area contributed by atoms with Gasteiger partial charge in [0, 0.05) is 18.1 Å². The molecule has 0 aliphatic heterocycles. The number of carbonyl (C=O) groups is 1. The predicted octanol–water partition coefficient (Wildman–Crippen LogP) is 4.04. The Morgan fingerprint density at radius 2 is 2.11 bits per heavy atom. The van der Waals surface area contributed by atoms with Gasteiger partial charge in [0.15, 0.2) is 0 Å². The summed E-state index contributed by atoms with van der Waals surface area (Å²) in [5.74, 6) is 0.589. The lowest BCUT2D eigenvalue weighted by Gasteiger charge is -2.07. The summed E-state index contributed by atoms with van der Waals surface area (Å²) < 4.78 is 5.18. The minimum Gasteiger partial charge on any atom is -0.497 e. The van der Waals surface area contributed by atoms with E-state index in [1.165, 1.54) is 23.9 Å². The summed E-state index contributed by atoms with van der Waals surface area (Å²) in [6.07, 6.45) is 3.12. The van der Waals surface area contributed by atoms with Gasteiger partial charge < -0.3 is 4.74 Å². The van der Waals surface area contributed by atoms with E-state index in [0.717, 1.165) is 17.7 Å². The standard InChI is InChI=1S/C19H20ClN3O4/c1-13-10-16(27-2)8-7-15(13)4-3-5-19(24)22-21-12-14-6-9-17(20)18(11-14)23(25)26/h6-12H,3-5H2,1-2H3,(H,22,24)/b21-12-. The Balaban J connectivity index is 1.82. The van der Waals surface area contributed by atoms with Crippen LogP contribution in [0.25, 0.3) is 0 Å². The van der Waals surface area contributed by atoms with E-state index in [1.54, 1.807) is 13.2 Å². The zero-order chi connectivity index (χ0) is 19.8.